The lowest BCUT2D eigenvalue weighted by molar-refractivity contribution is 0.526. The van der Waals surface area contributed by atoms with E-state index in [4.69, 9.17) is 4.98 Å². The third-order valence-corrected chi connectivity index (χ3v) is 4.38. The van der Waals surface area contributed by atoms with Crippen molar-refractivity contribution in [3.63, 3.8) is 0 Å². The fourth-order valence-electron chi connectivity index (χ4n) is 3.16. The predicted octanol–water partition coefficient (Wildman–Crippen LogP) is 4.21. The van der Waals surface area contributed by atoms with Crippen LogP contribution in [-0.4, -0.2) is 24.3 Å². The van der Waals surface area contributed by atoms with Crippen molar-refractivity contribution in [1.29, 1.82) is 0 Å². The maximum atomic E-state index is 4.71. The zero-order valence-corrected chi connectivity index (χ0v) is 14.8. The zero-order chi connectivity index (χ0) is 17.8. The van der Waals surface area contributed by atoms with Gasteiger partial charge in [-0.15, -0.1) is 0 Å². The summed E-state index contributed by atoms with van der Waals surface area (Å²) in [6.07, 6.45) is 8.64. The van der Waals surface area contributed by atoms with Crippen LogP contribution in [0, 0.1) is 6.92 Å². The fraction of sp³-hybridized carbons (Fsp3) is 0.190. The number of imidazole rings is 1. The minimum absolute atomic E-state index is 0.878. The van der Waals surface area contributed by atoms with E-state index in [0.29, 0.717) is 0 Å². The molecule has 4 rings (SSSR count). The van der Waals surface area contributed by atoms with E-state index in [-0.39, 0.29) is 0 Å². The Morgan fingerprint density at radius 3 is 2.50 bits per heavy atom. The Kier molecular flexibility index (Phi) is 4.60. The van der Waals surface area contributed by atoms with Gasteiger partial charge < -0.3 is 4.57 Å². The number of benzene rings is 1. The molecule has 0 aliphatic carbocycles. The van der Waals surface area contributed by atoms with Gasteiger partial charge in [-0.2, -0.15) is 5.10 Å². The first kappa shape index (κ1) is 16.3. The molecule has 5 nitrogen and oxygen atoms in total. The molecular formula is C21H21N5. The highest BCUT2D eigenvalue weighted by molar-refractivity contribution is 5.78. The summed E-state index contributed by atoms with van der Waals surface area (Å²) < 4.78 is 4.21. The Labute approximate surface area is 153 Å². The molecule has 0 unspecified atom stereocenters. The highest BCUT2D eigenvalue weighted by Crippen LogP contribution is 2.30. The molecule has 0 radical (unpaired) electrons. The van der Waals surface area contributed by atoms with Gasteiger partial charge in [0.2, 0.25) is 0 Å². The van der Waals surface area contributed by atoms with E-state index < -0.39 is 0 Å². The molecule has 0 fully saturated rings. The summed E-state index contributed by atoms with van der Waals surface area (Å²) in [7, 11) is 0. The number of aryl methyl sites for hydroxylation is 3. The summed E-state index contributed by atoms with van der Waals surface area (Å²) in [5, 5.41) is 4.46. The quantitative estimate of drug-likeness (QED) is 0.527. The van der Waals surface area contributed by atoms with Crippen molar-refractivity contribution >= 4 is 0 Å². The average molecular weight is 343 g/mol. The van der Waals surface area contributed by atoms with Gasteiger partial charge in [0.15, 0.2) is 0 Å². The maximum absolute atomic E-state index is 4.71. The van der Waals surface area contributed by atoms with E-state index in [1.165, 1.54) is 0 Å². The van der Waals surface area contributed by atoms with Crippen LogP contribution in [0.3, 0.4) is 0 Å². The van der Waals surface area contributed by atoms with Crippen LogP contribution in [0.4, 0.5) is 0 Å². The van der Waals surface area contributed by atoms with Gasteiger partial charge in [-0.05, 0) is 31.5 Å². The lowest BCUT2D eigenvalue weighted by Gasteiger charge is -2.10. The van der Waals surface area contributed by atoms with Crippen LogP contribution in [0.5, 0.6) is 0 Å². The van der Waals surface area contributed by atoms with Crippen molar-refractivity contribution in [2.75, 3.05) is 0 Å². The van der Waals surface area contributed by atoms with Crippen LogP contribution < -0.4 is 0 Å². The van der Waals surface area contributed by atoms with E-state index in [1.807, 2.05) is 60.7 Å². The van der Waals surface area contributed by atoms with Gasteiger partial charge in [-0.1, -0.05) is 30.3 Å². The Morgan fingerprint density at radius 1 is 0.923 bits per heavy atom. The van der Waals surface area contributed by atoms with Gasteiger partial charge in [0.1, 0.15) is 0 Å². The molecule has 0 atom stereocenters. The Morgan fingerprint density at radius 2 is 1.77 bits per heavy atom. The van der Waals surface area contributed by atoms with Crippen molar-refractivity contribution in [1.82, 2.24) is 24.3 Å². The highest BCUT2D eigenvalue weighted by Gasteiger charge is 2.14. The zero-order valence-electron chi connectivity index (χ0n) is 14.8. The minimum Gasteiger partial charge on any atom is -0.330 e. The van der Waals surface area contributed by atoms with E-state index in [9.17, 15) is 0 Å². The molecule has 0 saturated carbocycles. The van der Waals surface area contributed by atoms with Gasteiger partial charge in [0, 0.05) is 42.8 Å². The Hall–Kier alpha value is -3.21. The highest BCUT2D eigenvalue weighted by atomic mass is 15.3. The Bertz CT molecular complexity index is 970. The number of aromatic nitrogens is 5. The number of hydrogen-bond donors (Lipinski definition) is 0. The maximum Gasteiger partial charge on any atom is 0.0963 e. The first-order valence-corrected chi connectivity index (χ1v) is 8.82. The van der Waals surface area contributed by atoms with Gasteiger partial charge in [-0.3, -0.25) is 9.67 Å². The molecule has 3 heterocycles. The summed E-state index contributed by atoms with van der Waals surface area (Å²) in [6.45, 7) is 3.78. The molecule has 0 amide bonds. The number of rotatable bonds is 6. The van der Waals surface area contributed by atoms with Crippen LogP contribution in [0.25, 0.3) is 22.5 Å². The molecule has 0 spiro atoms. The van der Waals surface area contributed by atoms with E-state index >= 15 is 0 Å². The lowest BCUT2D eigenvalue weighted by atomic mass is 10.1. The van der Waals surface area contributed by atoms with Gasteiger partial charge >= 0.3 is 0 Å². The molecule has 0 N–H and O–H groups in total. The van der Waals surface area contributed by atoms with Crippen LogP contribution in [-0.2, 0) is 13.1 Å². The first-order chi connectivity index (χ1) is 12.8. The predicted molar refractivity (Wildman–Crippen MR) is 102 cm³/mol. The standard InChI is InChI=1S/C21H21N5/c1-17-10-14-26(24-17)13-6-12-25-16-23-20(18-7-3-2-4-8-18)21(25)19-9-5-11-22-15-19/h2-5,7-11,14-16H,6,12-13H2,1H3. The van der Waals surface area contributed by atoms with Crippen LogP contribution in [0.15, 0.2) is 73.4 Å². The third kappa shape index (κ3) is 3.42. The molecule has 0 aliphatic rings. The second-order valence-corrected chi connectivity index (χ2v) is 6.32. The smallest absolute Gasteiger partial charge is 0.0963 e. The molecule has 5 heteroatoms. The summed E-state index contributed by atoms with van der Waals surface area (Å²) >= 11 is 0. The molecule has 0 bridgehead atoms. The van der Waals surface area contributed by atoms with Crippen molar-refractivity contribution in [3.8, 4) is 22.5 Å². The summed E-state index contributed by atoms with van der Waals surface area (Å²) in [6, 6.07) is 16.4. The van der Waals surface area contributed by atoms with Crippen LogP contribution >= 0.6 is 0 Å². The average Bonchev–Trinajstić information content (AvgIpc) is 3.29. The molecule has 0 saturated heterocycles. The third-order valence-electron chi connectivity index (χ3n) is 4.38. The van der Waals surface area contributed by atoms with Crippen molar-refractivity contribution < 1.29 is 0 Å². The fourth-order valence-corrected chi connectivity index (χ4v) is 3.16. The summed E-state index contributed by atoms with van der Waals surface area (Å²) in [4.78, 5) is 9.00. The minimum atomic E-state index is 0.878. The van der Waals surface area contributed by atoms with Crippen LogP contribution in [0.1, 0.15) is 12.1 Å². The van der Waals surface area contributed by atoms with E-state index in [1.54, 1.807) is 6.20 Å². The van der Waals surface area contributed by atoms with Crippen LogP contribution in [0.2, 0.25) is 0 Å². The van der Waals surface area contributed by atoms with E-state index in [0.717, 1.165) is 47.7 Å². The molecule has 0 aliphatic heterocycles. The number of pyridine rings is 1. The van der Waals surface area contributed by atoms with Crippen molar-refractivity contribution in [3.05, 3.63) is 79.1 Å². The summed E-state index contributed by atoms with van der Waals surface area (Å²) in [5.74, 6) is 0. The summed E-state index contributed by atoms with van der Waals surface area (Å²) in [5.41, 5.74) is 5.36. The molecule has 1 aromatic carbocycles. The normalized spacial score (nSPS) is 11.0. The topological polar surface area (TPSA) is 48.5 Å². The molecule has 4 aromatic rings. The van der Waals surface area contributed by atoms with Gasteiger partial charge in [0.25, 0.3) is 0 Å². The molecule has 26 heavy (non-hydrogen) atoms. The van der Waals surface area contributed by atoms with Gasteiger partial charge in [-0.25, -0.2) is 4.98 Å². The van der Waals surface area contributed by atoms with E-state index in [2.05, 4.69) is 32.8 Å². The molecule has 3 aromatic heterocycles. The Balaban J connectivity index is 1.63. The van der Waals surface area contributed by atoms with Gasteiger partial charge in [0.05, 0.1) is 23.4 Å². The SMILES string of the molecule is Cc1ccn(CCCn2cnc(-c3ccccc3)c2-c2cccnc2)n1. The monoisotopic (exact) mass is 343 g/mol. The lowest BCUT2D eigenvalue weighted by Crippen LogP contribution is -2.05. The first-order valence-electron chi connectivity index (χ1n) is 8.82. The molecular weight excluding hydrogens is 322 g/mol. The second kappa shape index (κ2) is 7.35. The number of hydrogen-bond acceptors (Lipinski definition) is 3. The second-order valence-electron chi connectivity index (χ2n) is 6.32. The van der Waals surface area contributed by atoms with Crippen molar-refractivity contribution in [2.45, 2.75) is 26.4 Å². The largest absolute Gasteiger partial charge is 0.330 e. The number of nitrogens with zero attached hydrogens (tertiary/aromatic N) is 5. The van der Waals surface area contributed by atoms with Crippen molar-refractivity contribution in [2.24, 2.45) is 0 Å². The molecule has 130 valence electrons.